The Balaban J connectivity index is 2.00. The maximum atomic E-state index is 12.4. The van der Waals surface area contributed by atoms with Gasteiger partial charge in [-0.25, -0.2) is 4.79 Å². The summed E-state index contributed by atoms with van der Waals surface area (Å²) < 4.78 is 39.0. The number of hydrogen-bond acceptors (Lipinski definition) is 9. The molecule has 1 saturated heterocycles. The molecule has 10 heteroatoms. The van der Waals surface area contributed by atoms with E-state index in [2.05, 4.69) is 0 Å². The highest BCUT2D eigenvalue weighted by atomic mass is 31.2. The van der Waals surface area contributed by atoms with E-state index in [1.54, 1.807) is 13.8 Å². The lowest BCUT2D eigenvalue weighted by molar-refractivity contribution is -0.232. The van der Waals surface area contributed by atoms with Gasteiger partial charge < -0.3 is 33.3 Å². The lowest BCUT2D eigenvalue weighted by Gasteiger charge is -2.30. The normalized spacial score (nSPS) is 37.2. The number of carbonyl (C=O) groups is 1. The number of aliphatic hydroxyl groups is 1. The molecule has 0 spiro atoms. The molecule has 1 saturated carbocycles. The molecule has 9 nitrogen and oxygen atoms in total. The Morgan fingerprint density at radius 1 is 1.17 bits per heavy atom. The molecule has 2 rings (SSSR count). The van der Waals surface area contributed by atoms with Crippen LogP contribution in [-0.2, 0) is 32.6 Å². The molecular weight excluding hydrogens is 403 g/mol. The van der Waals surface area contributed by atoms with E-state index in [1.807, 2.05) is 27.7 Å². The highest BCUT2D eigenvalue weighted by Gasteiger charge is 2.45. The van der Waals surface area contributed by atoms with Crippen LogP contribution in [0, 0.1) is 11.8 Å². The Morgan fingerprint density at radius 2 is 1.83 bits per heavy atom. The van der Waals surface area contributed by atoms with Gasteiger partial charge in [-0.15, -0.1) is 0 Å². The third-order valence-corrected chi connectivity index (χ3v) is 6.08. The molecule has 1 heterocycles. The van der Waals surface area contributed by atoms with E-state index >= 15 is 0 Å². The molecule has 0 aromatic carbocycles. The Hall–Kier alpha value is -0.540. The van der Waals surface area contributed by atoms with Gasteiger partial charge in [0, 0.05) is 12.3 Å². The second-order valence-electron chi connectivity index (χ2n) is 8.58. The third kappa shape index (κ3) is 6.99. The van der Waals surface area contributed by atoms with Crippen LogP contribution in [0.15, 0.2) is 0 Å². The number of phosphoric acid groups is 1. The van der Waals surface area contributed by atoms with Crippen LogP contribution in [0.3, 0.4) is 0 Å². The molecule has 0 amide bonds. The van der Waals surface area contributed by atoms with E-state index in [0.29, 0.717) is 12.8 Å². The molecule has 29 heavy (non-hydrogen) atoms. The molecule has 0 aromatic heterocycles. The standard InChI is InChI=1S/C19H35O9P/c1-10(2)24-9-14-15(7-12(5)17(14)20)27-29(22,23)28-19(21)18-16(25-11(3)4)8-13(6)26-18/h10-18,20H,7-9H2,1-6H3,(H,22,23)/p-1/t12-,13-,14+,15?,16?,17?,18-/m0/s1. The molecule has 0 aromatic rings. The maximum absolute atomic E-state index is 12.4. The van der Waals surface area contributed by atoms with Crippen LogP contribution < -0.4 is 4.89 Å². The van der Waals surface area contributed by atoms with Crippen molar-refractivity contribution in [1.82, 2.24) is 0 Å². The van der Waals surface area contributed by atoms with Crippen molar-refractivity contribution in [2.24, 2.45) is 11.8 Å². The van der Waals surface area contributed by atoms with Crippen molar-refractivity contribution < 1.29 is 42.6 Å². The molecule has 0 bridgehead atoms. The second-order valence-corrected chi connectivity index (χ2v) is 9.87. The second kappa shape index (κ2) is 10.2. The largest absolute Gasteiger partial charge is 0.746 e. The fourth-order valence-corrected chi connectivity index (χ4v) is 4.77. The molecule has 1 N–H and O–H groups in total. The van der Waals surface area contributed by atoms with Crippen molar-refractivity contribution in [2.45, 2.75) is 97.1 Å². The van der Waals surface area contributed by atoms with Gasteiger partial charge in [0.15, 0.2) is 6.10 Å². The third-order valence-electron chi connectivity index (χ3n) is 5.15. The summed E-state index contributed by atoms with van der Waals surface area (Å²) in [5, 5.41) is 10.3. The minimum absolute atomic E-state index is 0.0740. The van der Waals surface area contributed by atoms with Gasteiger partial charge in [0.05, 0.1) is 43.2 Å². The zero-order chi connectivity index (χ0) is 21.9. The van der Waals surface area contributed by atoms with Crippen LogP contribution in [0.2, 0.25) is 0 Å². The van der Waals surface area contributed by atoms with Crippen molar-refractivity contribution in [3.8, 4) is 0 Å². The first-order chi connectivity index (χ1) is 13.4. The van der Waals surface area contributed by atoms with E-state index < -0.39 is 44.1 Å². The molecule has 1 aliphatic carbocycles. The zero-order valence-electron chi connectivity index (χ0n) is 18.0. The lowest BCUT2D eigenvalue weighted by Crippen LogP contribution is -2.37. The Labute approximate surface area is 172 Å². The summed E-state index contributed by atoms with van der Waals surface area (Å²) in [5.41, 5.74) is 0. The highest BCUT2D eigenvalue weighted by molar-refractivity contribution is 7.46. The summed E-state index contributed by atoms with van der Waals surface area (Å²) in [6.45, 7) is 11.1. The quantitative estimate of drug-likeness (QED) is 0.538. The fraction of sp³-hybridized carbons (Fsp3) is 0.947. The molecule has 2 aliphatic rings. The van der Waals surface area contributed by atoms with Crippen LogP contribution in [-0.4, -0.2) is 60.4 Å². The molecular formula is C19H34O9P-. The van der Waals surface area contributed by atoms with Gasteiger partial charge in [0.25, 0.3) is 0 Å². The topological polar surface area (TPSA) is 124 Å². The average molecular weight is 437 g/mol. The minimum atomic E-state index is -4.97. The maximum Gasteiger partial charge on any atom is 0.343 e. The number of hydrogen-bond donors (Lipinski definition) is 1. The smallest absolute Gasteiger partial charge is 0.343 e. The molecule has 1 aliphatic heterocycles. The van der Waals surface area contributed by atoms with E-state index in [4.69, 9.17) is 23.3 Å². The summed E-state index contributed by atoms with van der Waals surface area (Å²) >= 11 is 0. The lowest BCUT2D eigenvalue weighted by atomic mass is 10.0. The van der Waals surface area contributed by atoms with Crippen LogP contribution >= 0.6 is 7.82 Å². The van der Waals surface area contributed by atoms with Gasteiger partial charge in [-0.2, -0.15) is 0 Å². The van der Waals surface area contributed by atoms with Crippen LogP contribution in [0.5, 0.6) is 0 Å². The SMILES string of the molecule is CC(C)OC[C@@H]1C(OP(=O)([O-])OC(=O)[C@H]2O[C@@H](C)CC2OC(C)C)C[C@H](C)C1O. The number of rotatable bonds is 9. The molecule has 170 valence electrons. The van der Waals surface area contributed by atoms with Crippen molar-refractivity contribution in [3.05, 3.63) is 0 Å². The molecule has 2 fully saturated rings. The molecule has 4 unspecified atom stereocenters. The average Bonchev–Trinajstić information content (AvgIpc) is 3.04. The zero-order valence-corrected chi connectivity index (χ0v) is 18.9. The first-order valence-electron chi connectivity index (χ1n) is 10.2. The monoisotopic (exact) mass is 437 g/mol. The van der Waals surface area contributed by atoms with Crippen LogP contribution in [0.25, 0.3) is 0 Å². The van der Waals surface area contributed by atoms with Gasteiger partial charge in [-0.3, -0.25) is 4.57 Å². The Kier molecular flexibility index (Phi) is 8.68. The van der Waals surface area contributed by atoms with Crippen molar-refractivity contribution in [1.29, 1.82) is 0 Å². The van der Waals surface area contributed by atoms with E-state index in [-0.39, 0.29) is 30.8 Å². The summed E-state index contributed by atoms with van der Waals surface area (Å²) in [4.78, 5) is 24.8. The van der Waals surface area contributed by atoms with Gasteiger partial charge in [0.1, 0.15) is 0 Å². The van der Waals surface area contributed by atoms with Crippen LogP contribution in [0.4, 0.5) is 0 Å². The number of carbonyl (C=O) groups excluding carboxylic acids is 1. The predicted octanol–water partition coefficient (Wildman–Crippen LogP) is 1.80. The molecule has 8 atom stereocenters. The first kappa shape index (κ1) is 24.7. The summed E-state index contributed by atoms with van der Waals surface area (Å²) in [7, 11) is -4.97. The van der Waals surface area contributed by atoms with Crippen LogP contribution in [0.1, 0.15) is 54.4 Å². The summed E-state index contributed by atoms with van der Waals surface area (Å²) in [6.07, 6.45) is -3.03. The van der Waals surface area contributed by atoms with Crippen molar-refractivity contribution in [2.75, 3.05) is 6.61 Å². The first-order valence-corrected chi connectivity index (χ1v) is 11.7. The van der Waals surface area contributed by atoms with E-state index in [0.717, 1.165) is 0 Å². The fourth-order valence-electron chi connectivity index (χ4n) is 3.83. The van der Waals surface area contributed by atoms with E-state index in [9.17, 15) is 19.4 Å². The highest BCUT2D eigenvalue weighted by Crippen LogP contribution is 2.47. The van der Waals surface area contributed by atoms with Gasteiger partial charge in [0.2, 0.25) is 0 Å². The summed E-state index contributed by atoms with van der Waals surface area (Å²) in [5.74, 6) is -1.76. The number of phosphoric ester groups is 1. The van der Waals surface area contributed by atoms with Crippen molar-refractivity contribution in [3.63, 3.8) is 0 Å². The summed E-state index contributed by atoms with van der Waals surface area (Å²) in [6, 6.07) is 0. The molecule has 0 radical (unpaired) electrons. The Morgan fingerprint density at radius 3 is 2.41 bits per heavy atom. The van der Waals surface area contributed by atoms with Crippen molar-refractivity contribution >= 4 is 13.8 Å². The Bertz CT molecular complexity index is 596. The number of aliphatic hydroxyl groups excluding tert-OH is 1. The van der Waals surface area contributed by atoms with Gasteiger partial charge in [-0.05, 0) is 47.0 Å². The predicted molar refractivity (Wildman–Crippen MR) is 102 cm³/mol. The van der Waals surface area contributed by atoms with Gasteiger partial charge in [-0.1, -0.05) is 6.92 Å². The van der Waals surface area contributed by atoms with Gasteiger partial charge >= 0.3 is 13.8 Å². The van der Waals surface area contributed by atoms with E-state index in [1.165, 1.54) is 0 Å². The minimum Gasteiger partial charge on any atom is -0.746 e. The number of ether oxygens (including phenoxy) is 3.